The fraction of sp³-hybridized carbons (Fsp3) is 0.500. The summed E-state index contributed by atoms with van der Waals surface area (Å²) in [5, 5.41) is 16.2. The van der Waals surface area contributed by atoms with E-state index in [2.05, 4.69) is 15.6 Å². The van der Waals surface area contributed by atoms with Gasteiger partial charge in [0, 0.05) is 19.7 Å². The van der Waals surface area contributed by atoms with Crippen molar-refractivity contribution in [3.05, 3.63) is 27.9 Å². The molecule has 0 aliphatic carbocycles. The molecule has 1 heterocycles. The Kier molecular flexibility index (Phi) is 5.85. The van der Waals surface area contributed by atoms with E-state index in [9.17, 15) is 14.9 Å². The Labute approximate surface area is 116 Å². The summed E-state index contributed by atoms with van der Waals surface area (Å²) < 4.78 is 5.28. The van der Waals surface area contributed by atoms with Crippen molar-refractivity contribution in [1.82, 2.24) is 10.3 Å². The number of ether oxygens (including phenoxy) is 1. The van der Waals surface area contributed by atoms with E-state index in [0.29, 0.717) is 12.4 Å². The third kappa shape index (κ3) is 4.47. The minimum atomic E-state index is -0.633. The fourth-order valence-electron chi connectivity index (χ4n) is 1.47. The van der Waals surface area contributed by atoms with Crippen molar-refractivity contribution in [2.75, 3.05) is 25.5 Å². The minimum Gasteiger partial charge on any atom is -0.377 e. The zero-order chi connectivity index (χ0) is 15.1. The summed E-state index contributed by atoms with van der Waals surface area (Å²) in [6.45, 7) is 4.40. The van der Waals surface area contributed by atoms with Crippen LogP contribution in [0.1, 0.15) is 24.2 Å². The molecule has 0 unspecified atom stereocenters. The Morgan fingerprint density at radius 3 is 2.80 bits per heavy atom. The van der Waals surface area contributed by atoms with Gasteiger partial charge in [0.2, 0.25) is 0 Å². The Morgan fingerprint density at radius 2 is 2.25 bits per heavy atom. The molecular weight excluding hydrogens is 264 g/mol. The van der Waals surface area contributed by atoms with Crippen molar-refractivity contribution >= 4 is 17.4 Å². The molecule has 0 saturated carbocycles. The SMILES string of the molecule is CNc1cc(C(=O)NCCOC(C)C)c([N+](=O)[O-])cn1. The normalized spacial score (nSPS) is 10.4. The number of nitrogens with one attached hydrogen (secondary N) is 2. The fourth-order valence-corrected chi connectivity index (χ4v) is 1.47. The number of pyridine rings is 1. The molecule has 0 aliphatic rings. The molecule has 1 aromatic heterocycles. The van der Waals surface area contributed by atoms with Crippen LogP contribution in [0, 0.1) is 10.1 Å². The number of nitro groups is 1. The molecule has 0 spiro atoms. The highest BCUT2D eigenvalue weighted by molar-refractivity contribution is 5.98. The summed E-state index contributed by atoms with van der Waals surface area (Å²) >= 11 is 0. The second-order valence-electron chi connectivity index (χ2n) is 4.27. The number of hydrogen-bond acceptors (Lipinski definition) is 6. The maximum Gasteiger partial charge on any atom is 0.300 e. The van der Waals surface area contributed by atoms with Crippen LogP contribution >= 0.6 is 0 Å². The largest absolute Gasteiger partial charge is 0.377 e. The molecule has 20 heavy (non-hydrogen) atoms. The zero-order valence-electron chi connectivity index (χ0n) is 11.7. The number of rotatable bonds is 7. The number of amides is 1. The van der Waals surface area contributed by atoms with Gasteiger partial charge in [0.05, 0.1) is 17.6 Å². The van der Waals surface area contributed by atoms with Gasteiger partial charge in [0.25, 0.3) is 11.6 Å². The summed E-state index contributed by atoms with van der Waals surface area (Å²) in [4.78, 5) is 26.0. The Morgan fingerprint density at radius 1 is 1.55 bits per heavy atom. The quantitative estimate of drug-likeness (QED) is 0.442. The Hall–Kier alpha value is -2.22. The number of anilines is 1. The Balaban J connectivity index is 2.77. The van der Waals surface area contributed by atoms with Crippen LogP contribution in [0.25, 0.3) is 0 Å². The van der Waals surface area contributed by atoms with E-state index in [1.165, 1.54) is 6.07 Å². The first-order valence-corrected chi connectivity index (χ1v) is 6.17. The summed E-state index contributed by atoms with van der Waals surface area (Å²) in [5.74, 6) is -0.137. The summed E-state index contributed by atoms with van der Waals surface area (Å²) in [6, 6.07) is 1.34. The monoisotopic (exact) mass is 282 g/mol. The van der Waals surface area contributed by atoms with Crippen molar-refractivity contribution in [2.24, 2.45) is 0 Å². The van der Waals surface area contributed by atoms with Crippen molar-refractivity contribution in [3.8, 4) is 0 Å². The highest BCUT2D eigenvalue weighted by Crippen LogP contribution is 2.19. The van der Waals surface area contributed by atoms with E-state index in [1.54, 1.807) is 7.05 Å². The number of aromatic nitrogens is 1. The molecule has 1 amide bonds. The Bertz CT molecular complexity index is 490. The zero-order valence-corrected chi connectivity index (χ0v) is 11.7. The molecule has 0 aliphatic heterocycles. The number of hydrogen-bond donors (Lipinski definition) is 2. The van der Waals surface area contributed by atoms with Gasteiger partial charge in [-0.15, -0.1) is 0 Å². The van der Waals surface area contributed by atoms with E-state index >= 15 is 0 Å². The van der Waals surface area contributed by atoms with Crippen molar-refractivity contribution in [2.45, 2.75) is 20.0 Å². The van der Waals surface area contributed by atoms with E-state index in [1.807, 2.05) is 13.8 Å². The van der Waals surface area contributed by atoms with Gasteiger partial charge in [0.1, 0.15) is 17.6 Å². The van der Waals surface area contributed by atoms with Gasteiger partial charge in [-0.25, -0.2) is 4.98 Å². The summed E-state index contributed by atoms with van der Waals surface area (Å²) in [5.41, 5.74) is -0.356. The first kappa shape index (κ1) is 15.8. The molecule has 0 aromatic carbocycles. The highest BCUT2D eigenvalue weighted by atomic mass is 16.6. The van der Waals surface area contributed by atoms with E-state index in [-0.39, 0.29) is 23.9 Å². The minimum absolute atomic E-state index is 0.0288. The van der Waals surface area contributed by atoms with Crippen LogP contribution in [0.3, 0.4) is 0 Å². The molecule has 0 atom stereocenters. The second kappa shape index (κ2) is 7.39. The van der Waals surface area contributed by atoms with Crippen molar-refractivity contribution < 1.29 is 14.5 Å². The van der Waals surface area contributed by atoms with Crippen molar-refractivity contribution in [1.29, 1.82) is 0 Å². The van der Waals surface area contributed by atoms with Crippen LogP contribution in [-0.2, 0) is 4.74 Å². The summed E-state index contributed by atoms with van der Waals surface area (Å²) in [7, 11) is 1.62. The van der Waals surface area contributed by atoms with Crippen LogP contribution in [0.2, 0.25) is 0 Å². The number of nitrogens with zero attached hydrogens (tertiary/aromatic N) is 2. The van der Waals surface area contributed by atoms with Crippen LogP contribution in [0.15, 0.2) is 12.3 Å². The van der Waals surface area contributed by atoms with Gasteiger partial charge in [-0.2, -0.15) is 0 Å². The van der Waals surface area contributed by atoms with Gasteiger partial charge in [-0.1, -0.05) is 0 Å². The van der Waals surface area contributed by atoms with Crippen LogP contribution in [0.4, 0.5) is 11.5 Å². The van der Waals surface area contributed by atoms with Gasteiger partial charge in [-0.3, -0.25) is 14.9 Å². The van der Waals surface area contributed by atoms with Crippen LogP contribution in [-0.4, -0.2) is 42.1 Å². The lowest BCUT2D eigenvalue weighted by molar-refractivity contribution is -0.385. The standard InChI is InChI=1S/C12H18N4O4/c1-8(2)20-5-4-14-12(17)9-6-11(13-3)15-7-10(9)16(18)19/h6-8H,4-5H2,1-3H3,(H,13,15)(H,14,17). The average molecular weight is 282 g/mol. The third-order valence-electron chi connectivity index (χ3n) is 2.42. The van der Waals surface area contributed by atoms with Crippen LogP contribution in [0.5, 0.6) is 0 Å². The molecule has 1 rings (SSSR count). The maximum absolute atomic E-state index is 12.0. The lowest BCUT2D eigenvalue weighted by Crippen LogP contribution is -2.28. The lowest BCUT2D eigenvalue weighted by atomic mass is 10.2. The third-order valence-corrected chi connectivity index (χ3v) is 2.42. The molecule has 8 heteroatoms. The average Bonchev–Trinajstić information content (AvgIpc) is 2.42. The van der Waals surface area contributed by atoms with Gasteiger partial charge < -0.3 is 15.4 Å². The molecule has 0 radical (unpaired) electrons. The first-order chi connectivity index (χ1) is 9.45. The van der Waals surface area contributed by atoms with Gasteiger partial charge in [0.15, 0.2) is 0 Å². The van der Waals surface area contributed by atoms with Gasteiger partial charge in [-0.05, 0) is 13.8 Å². The van der Waals surface area contributed by atoms with Crippen molar-refractivity contribution in [3.63, 3.8) is 0 Å². The summed E-state index contributed by atoms with van der Waals surface area (Å²) in [6.07, 6.45) is 1.13. The number of carbonyl (C=O) groups excluding carboxylic acids is 1. The van der Waals surface area contributed by atoms with Gasteiger partial charge >= 0.3 is 0 Å². The van der Waals surface area contributed by atoms with E-state index in [4.69, 9.17) is 4.74 Å². The predicted octanol–water partition coefficient (Wildman–Crippen LogP) is 1.19. The topological polar surface area (TPSA) is 106 Å². The lowest BCUT2D eigenvalue weighted by Gasteiger charge is -2.09. The second-order valence-corrected chi connectivity index (χ2v) is 4.27. The van der Waals surface area contributed by atoms with Crippen LogP contribution < -0.4 is 10.6 Å². The molecule has 110 valence electrons. The molecule has 8 nitrogen and oxygen atoms in total. The smallest absolute Gasteiger partial charge is 0.300 e. The maximum atomic E-state index is 12.0. The number of carbonyl (C=O) groups is 1. The predicted molar refractivity (Wildman–Crippen MR) is 73.9 cm³/mol. The molecule has 0 fully saturated rings. The molecule has 0 bridgehead atoms. The molecular formula is C12H18N4O4. The molecule has 0 saturated heterocycles. The molecule has 1 aromatic rings. The highest BCUT2D eigenvalue weighted by Gasteiger charge is 2.21. The molecule has 2 N–H and O–H groups in total. The van der Waals surface area contributed by atoms with E-state index < -0.39 is 10.8 Å². The first-order valence-electron chi connectivity index (χ1n) is 6.17. The van der Waals surface area contributed by atoms with E-state index in [0.717, 1.165) is 6.20 Å².